The van der Waals surface area contributed by atoms with Crippen LogP contribution in [0.3, 0.4) is 0 Å². The zero-order chi connectivity index (χ0) is 17.9. The Kier molecular flexibility index (Phi) is 11.1. The molecular weight excluding hydrogens is 352 g/mol. The first-order chi connectivity index (χ1) is 12.2. The predicted octanol–water partition coefficient (Wildman–Crippen LogP) is 3.95. The highest BCUT2D eigenvalue weighted by atomic mass is 35.5. The van der Waals surface area contributed by atoms with Gasteiger partial charge < -0.3 is 20.1 Å². The zero-order valence-corrected chi connectivity index (χ0v) is 16.8. The van der Waals surface area contributed by atoms with Crippen molar-refractivity contribution in [2.24, 2.45) is 0 Å². The van der Waals surface area contributed by atoms with Crippen LogP contribution in [0, 0.1) is 0 Å². The summed E-state index contributed by atoms with van der Waals surface area (Å²) < 4.78 is 11.7. The highest BCUT2D eigenvalue weighted by molar-refractivity contribution is 5.95. The predicted molar refractivity (Wildman–Crippen MR) is 108 cm³/mol. The quantitative estimate of drug-likeness (QED) is 0.599. The van der Waals surface area contributed by atoms with E-state index >= 15 is 0 Å². The van der Waals surface area contributed by atoms with Crippen LogP contribution in [0.4, 0.5) is 0 Å². The van der Waals surface area contributed by atoms with Crippen molar-refractivity contribution < 1.29 is 14.3 Å². The van der Waals surface area contributed by atoms with Gasteiger partial charge in [0.15, 0.2) is 11.5 Å². The van der Waals surface area contributed by atoms with Crippen molar-refractivity contribution in [1.82, 2.24) is 10.6 Å². The molecule has 1 saturated heterocycles. The van der Waals surface area contributed by atoms with E-state index in [0.29, 0.717) is 24.5 Å². The zero-order valence-electron chi connectivity index (χ0n) is 16.0. The molecule has 5 nitrogen and oxygen atoms in total. The second-order valence-corrected chi connectivity index (χ2v) is 6.56. The molecule has 148 valence electrons. The molecule has 0 spiro atoms. The molecule has 1 heterocycles. The first kappa shape index (κ1) is 22.6. The van der Waals surface area contributed by atoms with E-state index in [0.717, 1.165) is 57.4 Å². The maximum absolute atomic E-state index is 12.5. The minimum atomic E-state index is -0.0349. The SMILES string of the molecule is CCCCOc1ccc(C(=O)NC2CCNCC2)cc1OCCCC.Cl. The highest BCUT2D eigenvalue weighted by Crippen LogP contribution is 2.29. The highest BCUT2D eigenvalue weighted by Gasteiger charge is 2.18. The summed E-state index contributed by atoms with van der Waals surface area (Å²) in [4.78, 5) is 12.5. The summed E-state index contributed by atoms with van der Waals surface area (Å²) in [6.45, 7) is 7.49. The number of halogens is 1. The fourth-order valence-electron chi connectivity index (χ4n) is 2.77. The van der Waals surface area contributed by atoms with Crippen molar-refractivity contribution >= 4 is 18.3 Å². The molecule has 2 N–H and O–H groups in total. The van der Waals surface area contributed by atoms with E-state index in [1.165, 1.54) is 0 Å². The van der Waals surface area contributed by atoms with E-state index < -0.39 is 0 Å². The topological polar surface area (TPSA) is 59.6 Å². The van der Waals surface area contributed by atoms with Gasteiger partial charge in [0, 0.05) is 11.6 Å². The van der Waals surface area contributed by atoms with Gasteiger partial charge in [0.05, 0.1) is 13.2 Å². The van der Waals surface area contributed by atoms with Crippen molar-refractivity contribution in [3.8, 4) is 11.5 Å². The Morgan fingerprint density at radius 3 is 2.31 bits per heavy atom. The van der Waals surface area contributed by atoms with Crippen molar-refractivity contribution in [3.63, 3.8) is 0 Å². The van der Waals surface area contributed by atoms with Gasteiger partial charge in [-0.25, -0.2) is 0 Å². The largest absolute Gasteiger partial charge is 0.490 e. The molecule has 0 atom stereocenters. The maximum Gasteiger partial charge on any atom is 0.251 e. The third-order valence-electron chi connectivity index (χ3n) is 4.39. The molecule has 0 aromatic heterocycles. The number of nitrogens with one attached hydrogen (secondary N) is 2. The summed E-state index contributed by atoms with van der Waals surface area (Å²) in [5, 5.41) is 6.44. The van der Waals surface area contributed by atoms with E-state index in [2.05, 4.69) is 24.5 Å². The molecule has 1 aliphatic rings. The van der Waals surface area contributed by atoms with Gasteiger partial charge in [0.25, 0.3) is 5.91 Å². The van der Waals surface area contributed by atoms with Crippen LogP contribution in [0.2, 0.25) is 0 Å². The molecule has 0 bridgehead atoms. The molecule has 0 saturated carbocycles. The first-order valence-electron chi connectivity index (χ1n) is 9.65. The molecule has 1 aliphatic heterocycles. The Balaban J connectivity index is 0.00000338. The Hall–Kier alpha value is -1.46. The second kappa shape index (κ2) is 12.8. The fraction of sp³-hybridized carbons (Fsp3) is 0.650. The molecule has 2 rings (SSSR count). The maximum atomic E-state index is 12.5. The van der Waals surface area contributed by atoms with Gasteiger partial charge in [0.2, 0.25) is 0 Å². The number of ether oxygens (including phenoxy) is 2. The van der Waals surface area contributed by atoms with Crippen molar-refractivity contribution in [2.75, 3.05) is 26.3 Å². The summed E-state index contributed by atoms with van der Waals surface area (Å²) in [5.74, 6) is 1.36. The van der Waals surface area contributed by atoms with Crippen molar-refractivity contribution in [3.05, 3.63) is 23.8 Å². The summed E-state index contributed by atoms with van der Waals surface area (Å²) in [5.41, 5.74) is 0.632. The second-order valence-electron chi connectivity index (χ2n) is 6.56. The molecular formula is C20H33ClN2O3. The molecule has 1 fully saturated rings. The molecule has 26 heavy (non-hydrogen) atoms. The molecule has 0 aliphatic carbocycles. The van der Waals surface area contributed by atoms with Gasteiger partial charge in [-0.15, -0.1) is 12.4 Å². The van der Waals surface area contributed by atoms with E-state index in [4.69, 9.17) is 9.47 Å². The summed E-state index contributed by atoms with van der Waals surface area (Å²) in [6.07, 6.45) is 6.10. The number of carbonyl (C=O) groups is 1. The summed E-state index contributed by atoms with van der Waals surface area (Å²) in [7, 11) is 0. The number of benzene rings is 1. The third-order valence-corrected chi connectivity index (χ3v) is 4.39. The van der Waals surface area contributed by atoms with Gasteiger partial charge in [-0.2, -0.15) is 0 Å². The number of hydrogen-bond acceptors (Lipinski definition) is 4. The van der Waals surface area contributed by atoms with E-state index in [1.54, 1.807) is 0 Å². The molecule has 1 aromatic carbocycles. The minimum Gasteiger partial charge on any atom is -0.490 e. The molecule has 6 heteroatoms. The molecule has 1 aromatic rings. The van der Waals surface area contributed by atoms with Crippen LogP contribution in [0.5, 0.6) is 11.5 Å². The third kappa shape index (κ3) is 7.42. The number of carbonyl (C=O) groups excluding carboxylic acids is 1. The minimum absolute atomic E-state index is 0. The van der Waals surface area contributed by atoms with Crippen LogP contribution < -0.4 is 20.1 Å². The van der Waals surface area contributed by atoms with Gasteiger partial charge >= 0.3 is 0 Å². The lowest BCUT2D eigenvalue weighted by atomic mass is 10.1. The lowest BCUT2D eigenvalue weighted by Gasteiger charge is -2.23. The lowest BCUT2D eigenvalue weighted by Crippen LogP contribution is -2.42. The first-order valence-corrected chi connectivity index (χ1v) is 9.65. The van der Waals surface area contributed by atoms with Crippen LogP contribution in [0.1, 0.15) is 62.7 Å². The monoisotopic (exact) mass is 384 g/mol. The van der Waals surface area contributed by atoms with Gasteiger partial charge in [-0.05, 0) is 57.0 Å². The Morgan fingerprint density at radius 2 is 1.69 bits per heavy atom. The van der Waals surface area contributed by atoms with Crippen molar-refractivity contribution in [1.29, 1.82) is 0 Å². The summed E-state index contributed by atoms with van der Waals surface area (Å²) in [6, 6.07) is 5.74. The average Bonchev–Trinajstić information content (AvgIpc) is 2.64. The lowest BCUT2D eigenvalue weighted by molar-refractivity contribution is 0.0929. The van der Waals surface area contributed by atoms with Crippen LogP contribution in [0.15, 0.2) is 18.2 Å². The number of hydrogen-bond donors (Lipinski definition) is 2. The molecule has 0 unspecified atom stereocenters. The number of rotatable bonds is 10. The van der Waals surface area contributed by atoms with Crippen molar-refractivity contribution in [2.45, 2.75) is 58.4 Å². The van der Waals surface area contributed by atoms with Crippen LogP contribution in [0.25, 0.3) is 0 Å². The van der Waals surface area contributed by atoms with Crippen LogP contribution in [-0.4, -0.2) is 38.3 Å². The standard InChI is InChI=1S/C20H32N2O3.ClH/c1-3-5-13-24-18-8-7-16(15-19(18)25-14-6-4-2)20(23)22-17-9-11-21-12-10-17;/h7-8,15,17,21H,3-6,9-14H2,1-2H3,(H,22,23);1H. The average molecular weight is 385 g/mol. The Bertz CT molecular complexity index is 534. The fourth-order valence-corrected chi connectivity index (χ4v) is 2.77. The summed E-state index contributed by atoms with van der Waals surface area (Å²) >= 11 is 0. The van der Waals surface area contributed by atoms with E-state index in [9.17, 15) is 4.79 Å². The number of piperidine rings is 1. The number of amides is 1. The van der Waals surface area contributed by atoms with Gasteiger partial charge in [-0.1, -0.05) is 26.7 Å². The molecule has 1 amide bonds. The number of unbranched alkanes of at least 4 members (excludes halogenated alkanes) is 2. The normalized spacial score (nSPS) is 14.4. The molecule has 0 radical (unpaired) electrons. The van der Waals surface area contributed by atoms with E-state index in [1.807, 2.05) is 18.2 Å². The van der Waals surface area contributed by atoms with E-state index in [-0.39, 0.29) is 24.4 Å². The van der Waals surface area contributed by atoms with Gasteiger partial charge in [0.1, 0.15) is 0 Å². The Labute approximate surface area is 163 Å². The van der Waals surface area contributed by atoms with Crippen LogP contribution >= 0.6 is 12.4 Å². The van der Waals surface area contributed by atoms with Crippen LogP contribution in [-0.2, 0) is 0 Å². The smallest absolute Gasteiger partial charge is 0.251 e. The van der Waals surface area contributed by atoms with Gasteiger partial charge in [-0.3, -0.25) is 4.79 Å². The Morgan fingerprint density at radius 1 is 1.08 bits per heavy atom.